The molecule has 4 aromatic rings. The number of anilines is 2. The van der Waals surface area contributed by atoms with E-state index < -0.39 is 17.6 Å². The first-order chi connectivity index (χ1) is 17.9. The Morgan fingerprint density at radius 1 is 1.08 bits per heavy atom. The topological polar surface area (TPSA) is 92.9 Å². The van der Waals surface area contributed by atoms with E-state index in [9.17, 15) is 18.0 Å². The number of amides is 1. The maximum atomic E-state index is 13.5. The van der Waals surface area contributed by atoms with Gasteiger partial charge >= 0.3 is 6.18 Å². The predicted octanol–water partition coefficient (Wildman–Crippen LogP) is 4.53. The van der Waals surface area contributed by atoms with Crippen LogP contribution in [0.2, 0.25) is 0 Å². The zero-order valence-corrected chi connectivity index (χ0v) is 21.8. The molecule has 0 bridgehead atoms. The number of hydrogen-bond donors (Lipinski definition) is 2. The molecule has 0 aliphatic rings. The van der Waals surface area contributed by atoms with Crippen molar-refractivity contribution in [2.75, 3.05) is 37.8 Å². The summed E-state index contributed by atoms with van der Waals surface area (Å²) in [5.41, 5.74) is 3.58. The van der Waals surface area contributed by atoms with E-state index in [-0.39, 0.29) is 11.3 Å². The summed E-state index contributed by atoms with van der Waals surface area (Å²) in [4.78, 5) is 14.9. The number of hydrogen-bond acceptors (Lipinski definition) is 6. The first kappa shape index (κ1) is 26.9. The van der Waals surface area contributed by atoms with Crippen molar-refractivity contribution in [1.82, 2.24) is 29.7 Å². The highest BCUT2D eigenvalue weighted by Gasteiger charge is 2.32. The van der Waals surface area contributed by atoms with Crippen LogP contribution in [0.25, 0.3) is 16.9 Å². The predicted molar refractivity (Wildman–Crippen MR) is 139 cm³/mol. The molecule has 0 aliphatic heterocycles. The quantitative estimate of drug-likeness (QED) is 0.351. The minimum atomic E-state index is -4.59. The summed E-state index contributed by atoms with van der Waals surface area (Å²) in [5, 5.41) is 18.4. The third-order valence-corrected chi connectivity index (χ3v) is 6.13. The number of nitrogens with zero attached hydrogens (tertiary/aromatic N) is 6. The van der Waals surface area contributed by atoms with Gasteiger partial charge in [0, 0.05) is 48.3 Å². The fourth-order valence-corrected chi connectivity index (χ4v) is 3.84. The zero-order valence-electron chi connectivity index (χ0n) is 21.8. The summed E-state index contributed by atoms with van der Waals surface area (Å²) in [6.45, 7) is 4.86. The van der Waals surface area contributed by atoms with Crippen LogP contribution in [-0.2, 0) is 13.2 Å². The van der Waals surface area contributed by atoms with Gasteiger partial charge in [0.2, 0.25) is 0 Å². The fourth-order valence-electron chi connectivity index (χ4n) is 3.84. The molecule has 0 saturated heterocycles. The van der Waals surface area contributed by atoms with Crippen molar-refractivity contribution in [3.63, 3.8) is 0 Å². The van der Waals surface area contributed by atoms with Gasteiger partial charge in [0.05, 0.1) is 23.6 Å². The van der Waals surface area contributed by atoms with E-state index in [1.165, 1.54) is 6.07 Å². The van der Waals surface area contributed by atoms with Crippen LogP contribution in [0.15, 0.2) is 48.8 Å². The van der Waals surface area contributed by atoms with E-state index >= 15 is 0 Å². The molecule has 2 heterocycles. The Bertz CT molecular complexity index is 1460. The Kier molecular flexibility index (Phi) is 7.53. The van der Waals surface area contributed by atoms with Crippen molar-refractivity contribution in [3.8, 4) is 16.9 Å². The molecule has 38 heavy (non-hydrogen) atoms. The maximum absolute atomic E-state index is 13.5. The van der Waals surface area contributed by atoms with E-state index in [4.69, 9.17) is 0 Å². The van der Waals surface area contributed by atoms with Gasteiger partial charge in [-0.3, -0.25) is 9.48 Å². The highest BCUT2D eigenvalue weighted by Crippen LogP contribution is 2.32. The molecule has 0 aliphatic carbocycles. The molecule has 0 spiro atoms. The molecule has 200 valence electrons. The standard InChI is InChI=1S/C26H29F3N8O/c1-16-6-7-20(13-24(16)37-15-23(33-34-37)22-14-31-36(5)17(22)2)32-25(38)18-10-19(26(27,28)29)12-21(11-18)30-8-9-35(3)4/h6-7,10-15,30H,8-9H2,1-5H3,(H,32,38). The minimum Gasteiger partial charge on any atom is -0.384 e. The molecule has 2 N–H and O–H groups in total. The normalized spacial score (nSPS) is 11.7. The van der Waals surface area contributed by atoms with Crippen LogP contribution in [0.4, 0.5) is 24.5 Å². The van der Waals surface area contributed by atoms with Gasteiger partial charge in [-0.05, 0) is 63.8 Å². The Morgan fingerprint density at radius 3 is 2.50 bits per heavy atom. The van der Waals surface area contributed by atoms with E-state index in [0.29, 0.717) is 30.2 Å². The monoisotopic (exact) mass is 526 g/mol. The molecule has 4 rings (SSSR count). The highest BCUT2D eigenvalue weighted by molar-refractivity contribution is 6.05. The molecule has 2 aromatic carbocycles. The van der Waals surface area contributed by atoms with Crippen LogP contribution in [0, 0.1) is 13.8 Å². The van der Waals surface area contributed by atoms with E-state index in [1.807, 2.05) is 39.9 Å². The van der Waals surface area contributed by atoms with Crippen molar-refractivity contribution in [2.24, 2.45) is 7.05 Å². The Morgan fingerprint density at radius 2 is 1.84 bits per heavy atom. The van der Waals surface area contributed by atoms with Crippen molar-refractivity contribution in [1.29, 1.82) is 0 Å². The molecular formula is C26H29F3N8O. The van der Waals surface area contributed by atoms with Gasteiger partial charge in [0.1, 0.15) is 5.69 Å². The third-order valence-electron chi connectivity index (χ3n) is 6.13. The lowest BCUT2D eigenvalue weighted by atomic mass is 10.1. The van der Waals surface area contributed by atoms with Gasteiger partial charge in [-0.2, -0.15) is 18.3 Å². The van der Waals surface area contributed by atoms with E-state index in [1.54, 1.807) is 40.0 Å². The maximum Gasteiger partial charge on any atom is 0.416 e. The molecule has 0 radical (unpaired) electrons. The summed E-state index contributed by atoms with van der Waals surface area (Å²) in [5.74, 6) is -0.660. The second-order valence-electron chi connectivity index (χ2n) is 9.30. The lowest BCUT2D eigenvalue weighted by Gasteiger charge is -2.15. The summed E-state index contributed by atoms with van der Waals surface area (Å²) in [6, 6.07) is 8.44. The number of alkyl halides is 3. The second kappa shape index (κ2) is 10.7. The number of rotatable bonds is 8. The van der Waals surface area contributed by atoms with Gasteiger partial charge in [-0.1, -0.05) is 11.3 Å². The number of benzene rings is 2. The summed E-state index contributed by atoms with van der Waals surface area (Å²) < 4.78 is 43.9. The number of aryl methyl sites for hydroxylation is 2. The molecule has 0 fully saturated rings. The van der Waals surface area contributed by atoms with Crippen molar-refractivity contribution < 1.29 is 18.0 Å². The van der Waals surface area contributed by atoms with Crippen LogP contribution < -0.4 is 10.6 Å². The molecular weight excluding hydrogens is 497 g/mol. The van der Waals surface area contributed by atoms with Crippen LogP contribution in [0.1, 0.15) is 27.2 Å². The van der Waals surface area contributed by atoms with E-state index in [2.05, 4.69) is 26.0 Å². The van der Waals surface area contributed by atoms with Gasteiger partial charge in [-0.15, -0.1) is 5.10 Å². The Hall–Kier alpha value is -4.19. The Labute approximate surface area is 218 Å². The molecule has 9 nitrogen and oxygen atoms in total. The first-order valence-electron chi connectivity index (χ1n) is 11.9. The van der Waals surface area contributed by atoms with Gasteiger partial charge < -0.3 is 15.5 Å². The Balaban J connectivity index is 1.59. The first-order valence-corrected chi connectivity index (χ1v) is 11.9. The summed E-state index contributed by atoms with van der Waals surface area (Å²) in [7, 11) is 5.57. The van der Waals surface area contributed by atoms with Crippen LogP contribution in [0.3, 0.4) is 0 Å². The number of nitrogens with one attached hydrogen (secondary N) is 2. The largest absolute Gasteiger partial charge is 0.416 e. The second-order valence-corrected chi connectivity index (χ2v) is 9.30. The van der Waals surface area contributed by atoms with Gasteiger partial charge in [0.25, 0.3) is 5.91 Å². The number of halogens is 3. The van der Waals surface area contributed by atoms with Crippen molar-refractivity contribution >= 4 is 17.3 Å². The zero-order chi connectivity index (χ0) is 27.6. The molecule has 2 aromatic heterocycles. The average molecular weight is 527 g/mol. The number of carbonyl (C=O) groups excluding carboxylic acids is 1. The lowest BCUT2D eigenvalue weighted by Crippen LogP contribution is -2.21. The third kappa shape index (κ3) is 6.02. The van der Waals surface area contributed by atoms with Crippen molar-refractivity contribution in [3.05, 3.63) is 71.2 Å². The minimum absolute atomic E-state index is 0.107. The number of likely N-dealkylation sites (N-methyl/N-ethyl adjacent to an activating group) is 1. The highest BCUT2D eigenvalue weighted by atomic mass is 19.4. The smallest absolute Gasteiger partial charge is 0.384 e. The molecule has 0 unspecified atom stereocenters. The summed E-state index contributed by atoms with van der Waals surface area (Å²) in [6.07, 6.45) is -1.12. The molecule has 12 heteroatoms. The SMILES string of the molecule is Cc1ccc(NC(=O)c2cc(NCCN(C)C)cc(C(F)(F)F)c2)cc1-n1cc(-c2cnn(C)c2C)nn1. The van der Waals surface area contributed by atoms with Crippen molar-refractivity contribution in [2.45, 2.75) is 20.0 Å². The molecule has 0 atom stereocenters. The average Bonchev–Trinajstić information content (AvgIpc) is 3.46. The fraction of sp³-hybridized carbons (Fsp3) is 0.308. The number of carbonyl (C=O) groups is 1. The van der Waals surface area contributed by atoms with Crippen LogP contribution in [0.5, 0.6) is 0 Å². The molecule has 0 saturated carbocycles. The van der Waals surface area contributed by atoms with Gasteiger partial charge in [-0.25, -0.2) is 4.68 Å². The van der Waals surface area contributed by atoms with Crippen LogP contribution >= 0.6 is 0 Å². The lowest BCUT2D eigenvalue weighted by molar-refractivity contribution is -0.137. The van der Waals surface area contributed by atoms with Crippen LogP contribution in [-0.4, -0.2) is 62.8 Å². The van der Waals surface area contributed by atoms with Gasteiger partial charge in [0.15, 0.2) is 0 Å². The summed E-state index contributed by atoms with van der Waals surface area (Å²) >= 11 is 0. The molecule has 1 amide bonds. The number of aromatic nitrogens is 5. The van der Waals surface area contributed by atoms with E-state index in [0.717, 1.165) is 29.0 Å².